The van der Waals surface area contributed by atoms with Gasteiger partial charge in [0, 0.05) is 25.3 Å². The van der Waals surface area contributed by atoms with E-state index in [1.54, 1.807) is 81.4 Å². The highest BCUT2D eigenvalue weighted by Crippen LogP contribution is 2.53. The topological polar surface area (TPSA) is 255 Å². The fourth-order valence-electron chi connectivity index (χ4n) is 6.10. The van der Waals surface area contributed by atoms with Crippen LogP contribution in [0.2, 0.25) is 0 Å². The Labute approximate surface area is 313 Å². The molecule has 0 spiro atoms. The molecule has 2 aliphatic rings. The molecule has 18 heteroatoms. The summed E-state index contributed by atoms with van der Waals surface area (Å²) >= 11 is 0. The number of esters is 2. The first kappa shape index (κ1) is 40.7. The lowest BCUT2D eigenvalue weighted by molar-refractivity contribution is -0.145. The van der Waals surface area contributed by atoms with E-state index < -0.39 is 67.9 Å². The maximum absolute atomic E-state index is 14.9. The number of nitrogens with zero attached hydrogens (tertiary/aromatic N) is 3. The molecule has 0 radical (unpaired) electrons. The molecule has 0 saturated heterocycles. The average Bonchev–Trinajstić information content (AvgIpc) is 4.07. The summed E-state index contributed by atoms with van der Waals surface area (Å²) in [6.07, 6.45) is 0.536. The highest BCUT2D eigenvalue weighted by molar-refractivity contribution is 7.54. The zero-order chi connectivity index (χ0) is 39.0. The van der Waals surface area contributed by atoms with E-state index in [1.165, 1.54) is 13.3 Å². The molecule has 54 heavy (non-hydrogen) atoms. The summed E-state index contributed by atoms with van der Waals surface area (Å²) in [6, 6.07) is 14.4. The molecule has 17 nitrogen and oxygen atoms in total. The lowest BCUT2D eigenvalue weighted by Gasteiger charge is -2.31. The molecule has 2 aromatic carbocycles. The minimum Gasteiger partial charge on any atom is -0.465 e. The fraction of sp³-hybridized carbons (Fsp3) is 0.472. The van der Waals surface area contributed by atoms with Crippen molar-refractivity contribution in [2.24, 2.45) is 16.8 Å². The van der Waals surface area contributed by atoms with Crippen LogP contribution in [0, 0.1) is 11.8 Å². The Kier molecular flexibility index (Phi) is 13.4. The molecular weight excluding hydrogens is 719 g/mol. The molecule has 3 aromatic rings. The van der Waals surface area contributed by atoms with Crippen LogP contribution >= 0.6 is 7.67 Å². The number of hydrogen-bond acceptors (Lipinski definition) is 15. The summed E-state index contributed by atoms with van der Waals surface area (Å²) in [6.45, 7) is 4.49. The number of carbonyl (C=O) groups excluding carboxylic acids is 2. The smallest absolute Gasteiger partial charge is 0.342 e. The van der Waals surface area contributed by atoms with Crippen molar-refractivity contribution in [3.05, 3.63) is 71.8 Å². The van der Waals surface area contributed by atoms with E-state index in [-0.39, 0.29) is 36.7 Å². The van der Waals surface area contributed by atoms with Crippen LogP contribution in [0.25, 0.3) is 0 Å². The van der Waals surface area contributed by atoms with Gasteiger partial charge in [-0.15, -0.1) is 0 Å². The molecule has 5 rings (SSSR count). The van der Waals surface area contributed by atoms with Crippen molar-refractivity contribution in [3.63, 3.8) is 0 Å². The van der Waals surface area contributed by atoms with Crippen LogP contribution in [0.15, 0.2) is 65.7 Å². The number of methoxy groups -OCH3 is 1. The molecule has 292 valence electrons. The molecular formula is C36H49N8O9P. The number of anilines is 3. The summed E-state index contributed by atoms with van der Waals surface area (Å²) in [5.74, 6) is -2.29. The maximum atomic E-state index is 14.9. The minimum atomic E-state index is -4.51. The Morgan fingerprint density at radius 1 is 0.981 bits per heavy atom. The molecule has 1 aromatic heterocycles. The van der Waals surface area contributed by atoms with Crippen LogP contribution in [0.4, 0.5) is 23.3 Å². The Bertz CT molecular complexity index is 1750. The van der Waals surface area contributed by atoms with Crippen LogP contribution in [0.5, 0.6) is 0 Å². The number of hydrogen-bond donors (Lipinski definition) is 7. The monoisotopic (exact) mass is 768 g/mol. The molecule has 2 aliphatic carbocycles. The lowest BCUT2D eigenvalue weighted by Crippen LogP contribution is -2.46. The first-order valence-electron chi connectivity index (χ1n) is 17.7. The fourth-order valence-corrected chi connectivity index (χ4v) is 7.87. The summed E-state index contributed by atoms with van der Waals surface area (Å²) in [7, 11) is -3.21. The number of nitrogens with two attached hydrogens (primary N) is 2. The van der Waals surface area contributed by atoms with Crippen LogP contribution in [-0.2, 0) is 32.9 Å². The van der Waals surface area contributed by atoms with Crippen molar-refractivity contribution in [3.8, 4) is 0 Å². The van der Waals surface area contributed by atoms with Gasteiger partial charge in [-0.2, -0.15) is 9.97 Å². The van der Waals surface area contributed by atoms with E-state index in [9.17, 15) is 24.4 Å². The van der Waals surface area contributed by atoms with E-state index in [0.29, 0.717) is 16.9 Å². The summed E-state index contributed by atoms with van der Waals surface area (Å²) in [5.41, 5.74) is 11.2. The number of aliphatic hydroxyl groups excluding tert-OH is 1. The SMILES string of the molecule is CCOC(=O)C(NP(=O)(NC(C(=O)OCC)c1ccccc1)OCC(OC)C(O)C1(O)C(C)C1/C=N\c1c(N)nc(N)nc1NC1CC1)c1ccccc1. The first-order chi connectivity index (χ1) is 25.8. The molecule has 9 N–H and O–H groups in total. The number of ether oxygens (including phenoxy) is 3. The second-order valence-electron chi connectivity index (χ2n) is 13.1. The molecule has 0 amide bonds. The molecule has 2 fully saturated rings. The zero-order valence-corrected chi connectivity index (χ0v) is 31.5. The van der Waals surface area contributed by atoms with Gasteiger partial charge in [0.2, 0.25) is 5.95 Å². The summed E-state index contributed by atoms with van der Waals surface area (Å²) in [5, 5.41) is 32.1. The lowest BCUT2D eigenvalue weighted by atomic mass is 10.0. The highest BCUT2D eigenvalue weighted by atomic mass is 31.2. The van der Waals surface area contributed by atoms with Crippen molar-refractivity contribution < 1.29 is 43.1 Å². The molecule has 0 bridgehead atoms. The van der Waals surface area contributed by atoms with Gasteiger partial charge in [0.05, 0.1) is 19.8 Å². The summed E-state index contributed by atoms with van der Waals surface area (Å²) in [4.78, 5) is 39.3. The van der Waals surface area contributed by atoms with Crippen molar-refractivity contribution in [1.29, 1.82) is 0 Å². The second kappa shape index (κ2) is 17.8. The number of rotatable bonds is 20. The number of carbonyl (C=O) groups is 2. The van der Waals surface area contributed by atoms with E-state index in [2.05, 4.69) is 30.5 Å². The Balaban J connectivity index is 1.40. The number of nitrogen functional groups attached to an aromatic ring is 2. The average molecular weight is 769 g/mol. The molecule has 7 unspecified atom stereocenters. The zero-order valence-electron chi connectivity index (χ0n) is 30.6. The molecule has 2 saturated carbocycles. The van der Waals surface area contributed by atoms with E-state index in [1.807, 2.05) is 0 Å². The van der Waals surface area contributed by atoms with Gasteiger partial charge in [-0.05, 0) is 43.7 Å². The highest BCUT2D eigenvalue weighted by Gasteiger charge is 2.66. The van der Waals surface area contributed by atoms with Crippen LogP contribution in [0.1, 0.15) is 56.8 Å². The van der Waals surface area contributed by atoms with Gasteiger partial charge in [0.25, 0.3) is 0 Å². The van der Waals surface area contributed by atoms with E-state index >= 15 is 0 Å². The summed E-state index contributed by atoms with van der Waals surface area (Å²) < 4.78 is 37.1. The predicted octanol–water partition coefficient (Wildman–Crippen LogP) is 3.20. The van der Waals surface area contributed by atoms with Crippen molar-refractivity contribution in [1.82, 2.24) is 20.1 Å². The van der Waals surface area contributed by atoms with Gasteiger partial charge in [0.15, 0.2) is 11.6 Å². The molecule has 7 atom stereocenters. The number of nitrogens with one attached hydrogen (secondary N) is 3. The van der Waals surface area contributed by atoms with Crippen molar-refractivity contribution >= 4 is 49.1 Å². The Hall–Kier alpha value is -4.48. The number of benzene rings is 2. The third-order valence-electron chi connectivity index (χ3n) is 9.36. The van der Waals surface area contributed by atoms with E-state index in [0.717, 1.165) is 12.8 Å². The Morgan fingerprint density at radius 3 is 2.00 bits per heavy atom. The number of aliphatic hydroxyl groups is 2. The quantitative estimate of drug-likeness (QED) is 0.0495. The van der Waals surface area contributed by atoms with Gasteiger partial charge in [-0.1, -0.05) is 67.6 Å². The standard InChI is InChI=1S/C36H49N8O9P/c1-5-51-33(46)27(22-13-9-7-10-14-22)43-54(49,44-28(34(47)52-6-2)23-15-11-8-12-16-23)53-20-26(50-4)30(45)36(48)21(3)25(36)19-39-29-31(37)41-35(38)42-32(29)40-24-17-18-24/h7-16,19,21,24-28,30,45,48H,5-6,17-18,20H2,1-4H3,(H2,43,44,49)(H5,37,38,40,41,42)/b39-19-. The Morgan fingerprint density at radius 2 is 1.52 bits per heavy atom. The van der Waals surface area contributed by atoms with Crippen LogP contribution in [-0.4, -0.2) is 89.1 Å². The number of aromatic nitrogens is 2. The molecule has 0 aliphatic heterocycles. The van der Waals surface area contributed by atoms with Gasteiger partial charge in [-0.3, -0.25) is 9.56 Å². The van der Waals surface area contributed by atoms with Crippen LogP contribution < -0.4 is 27.0 Å². The third-order valence-corrected chi connectivity index (χ3v) is 11.1. The molecule has 1 heterocycles. The second-order valence-corrected chi connectivity index (χ2v) is 15.0. The maximum Gasteiger partial charge on any atom is 0.342 e. The number of aliphatic imine (C=N–C) groups is 1. The van der Waals surface area contributed by atoms with Crippen molar-refractivity contribution in [2.75, 3.05) is 43.7 Å². The normalized spacial score (nSPS) is 22.8. The van der Waals surface area contributed by atoms with E-state index in [4.69, 9.17) is 30.2 Å². The first-order valence-corrected chi connectivity index (χ1v) is 19.4. The van der Waals surface area contributed by atoms with Gasteiger partial charge in [0.1, 0.15) is 35.6 Å². The predicted molar refractivity (Wildman–Crippen MR) is 202 cm³/mol. The largest absolute Gasteiger partial charge is 0.465 e. The van der Waals surface area contributed by atoms with Gasteiger partial charge in [-0.25, -0.2) is 19.8 Å². The van der Waals surface area contributed by atoms with Gasteiger partial charge < -0.3 is 45.7 Å². The minimum absolute atomic E-state index is 0.0137. The third kappa shape index (κ3) is 9.60. The van der Waals surface area contributed by atoms with Crippen molar-refractivity contribution in [2.45, 2.75) is 69.5 Å². The van der Waals surface area contributed by atoms with Crippen LogP contribution in [0.3, 0.4) is 0 Å². The van der Waals surface area contributed by atoms with Gasteiger partial charge >= 0.3 is 19.6 Å².